The maximum Gasteiger partial charge on any atom is 0.164 e. The molecule has 0 saturated heterocycles. The van der Waals surface area contributed by atoms with Crippen molar-refractivity contribution in [2.24, 2.45) is 0 Å². The van der Waals surface area contributed by atoms with Crippen LogP contribution in [-0.2, 0) is 0 Å². The Morgan fingerprint density at radius 2 is 2.00 bits per heavy atom. The number of phenolic OH excluding ortho intramolecular Hbond substituents is 1. The molecule has 2 aromatic rings. The van der Waals surface area contributed by atoms with Crippen molar-refractivity contribution in [3.63, 3.8) is 0 Å². The summed E-state index contributed by atoms with van der Waals surface area (Å²) in [5.74, 6) is -1.10. The predicted octanol–water partition coefficient (Wildman–Crippen LogP) is 2.41. The van der Waals surface area contributed by atoms with Gasteiger partial charge in [0.05, 0.1) is 0 Å². The summed E-state index contributed by atoms with van der Waals surface area (Å²) in [6, 6.07) is 5.59. The van der Waals surface area contributed by atoms with Crippen molar-refractivity contribution in [2.45, 2.75) is 0 Å². The molecule has 0 saturated carbocycles. The van der Waals surface area contributed by atoms with E-state index in [-0.39, 0.29) is 0 Å². The van der Waals surface area contributed by atoms with Crippen LogP contribution in [0.15, 0.2) is 36.7 Å². The summed E-state index contributed by atoms with van der Waals surface area (Å²) in [4.78, 5) is 14.4. The van der Waals surface area contributed by atoms with Gasteiger partial charge in [-0.3, -0.25) is 9.78 Å². The number of phenols is 1. The molecule has 0 fully saturated rings. The van der Waals surface area contributed by atoms with Gasteiger partial charge in [0.1, 0.15) is 0 Å². The van der Waals surface area contributed by atoms with Crippen LogP contribution >= 0.6 is 0 Å². The van der Waals surface area contributed by atoms with Gasteiger partial charge in [0, 0.05) is 23.5 Å². The zero-order chi connectivity index (χ0) is 11.5. The minimum Gasteiger partial charge on any atom is -0.505 e. The molecule has 1 aromatic heterocycles. The molecule has 16 heavy (non-hydrogen) atoms. The van der Waals surface area contributed by atoms with Crippen molar-refractivity contribution in [3.05, 3.63) is 48.0 Å². The van der Waals surface area contributed by atoms with Crippen LogP contribution in [0.1, 0.15) is 10.4 Å². The maximum absolute atomic E-state index is 12.8. The maximum atomic E-state index is 12.8. The average Bonchev–Trinajstić information content (AvgIpc) is 2.33. The Morgan fingerprint density at radius 1 is 1.19 bits per heavy atom. The molecule has 2 rings (SSSR count). The van der Waals surface area contributed by atoms with Crippen molar-refractivity contribution in [3.8, 4) is 16.9 Å². The highest BCUT2D eigenvalue weighted by Crippen LogP contribution is 2.25. The lowest BCUT2D eigenvalue weighted by atomic mass is 10.1. The molecular weight excluding hydrogens is 209 g/mol. The van der Waals surface area contributed by atoms with Crippen molar-refractivity contribution >= 4 is 6.29 Å². The SMILES string of the molecule is O=Cc1cncc(-c2ccc(F)c(O)c2)c1. The monoisotopic (exact) mass is 217 g/mol. The Balaban J connectivity index is 2.49. The van der Waals surface area contributed by atoms with Gasteiger partial charge in [-0.1, -0.05) is 6.07 Å². The third kappa shape index (κ3) is 1.91. The van der Waals surface area contributed by atoms with Gasteiger partial charge in [-0.15, -0.1) is 0 Å². The summed E-state index contributed by atoms with van der Waals surface area (Å²) in [7, 11) is 0. The van der Waals surface area contributed by atoms with Gasteiger partial charge in [0.2, 0.25) is 0 Å². The molecule has 0 radical (unpaired) electrons. The first-order valence-corrected chi connectivity index (χ1v) is 4.60. The van der Waals surface area contributed by atoms with E-state index in [2.05, 4.69) is 4.98 Å². The normalized spacial score (nSPS) is 10.1. The minimum atomic E-state index is -0.678. The van der Waals surface area contributed by atoms with E-state index < -0.39 is 11.6 Å². The highest BCUT2D eigenvalue weighted by Gasteiger charge is 2.04. The highest BCUT2D eigenvalue weighted by atomic mass is 19.1. The molecule has 0 aliphatic carbocycles. The lowest BCUT2D eigenvalue weighted by molar-refractivity contribution is 0.112. The first-order valence-electron chi connectivity index (χ1n) is 4.60. The van der Waals surface area contributed by atoms with Crippen molar-refractivity contribution in [1.29, 1.82) is 0 Å². The molecule has 1 N–H and O–H groups in total. The molecule has 4 heteroatoms. The standard InChI is InChI=1S/C12H8FNO2/c13-11-2-1-9(4-12(11)16)10-3-8(7-15)5-14-6-10/h1-7,16H. The number of hydrogen-bond acceptors (Lipinski definition) is 3. The number of benzene rings is 1. The number of rotatable bonds is 2. The van der Waals surface area contributed by atoms with Crippen LogP contribution in [0.3, 0.4) is 0 Å². The first kappa shape index (κ1) is 10.3. The molecule has 0 aliphatic rings. The number of aromatic hydroxyl groups is 1. The Bertz CT molecular complexity index is 540. The van der Waals surface area contributed by atoms with Crippen LogP contribution < -0.4 is 0 Å². The van der Waals surface area contributed by atoms with E-state index in [4.69, 9.17) is 0 Å². The van der Waals surface area contributed by atoms with Gasteiger partial charge < -0.3 is 5.11 Å². The number of halogens is 1. The third-order valence-corrected chi connectivity index (χ3v) is 2.17. The summed E-state index contributed by atoms with van der Waals surface area (Å²) in [6.45, 7) is 0. The molecule has 0 atom stereocenters. The van der Waals surface area contributed by atoms with Crippen molar-refractivity contribution < 1.29 is 14.3 Å². The van der Waals surface area contributed by atoms with Crippen molar-refractivity contribution in [2.75, 3.05) is 0 Å². The topological polar surface area (TPSA) is 50.2 Å². The molecule has 80 valence electrons. The van der Waals surface area contributed by atoms with E-state index in [1.807, 2.05) is 0 Å². The summed E-state index contributed by atoms with van der Waals surface area (Å²) >= 11 is 0. The van der Waals surface area contributed by atoms with Crippen LogP contribution in [0.25, 0.3) is 11.1 Å². The van der Waals surface area contributed by atoms with E-state index in [0.29, 0.717) is 23.0 Å². The first-order chi connectivity index (χ1) is 7.70. The Labute approximate surface area is 91.2 Å². The number of carbonyl (C=O) groups excluding carboxylic acids is 1. The summed E-state index contributed by atoms with van der Waals surface area (Å²) in [5.41, 5.74) is 1.69. The van der Waals surface area contributed by atoms with E-state index in [1.54, 1.807) is 12.3 Å². The molecule has 0 unspecified atom stereocenters. The summed E-state index contributed by atoms with van der Waals surface area (Å²) in [5, 5.41) is 9.22. The van der Waals surface area contributed by atoms with Crippen LogP contribution in [-0.4, -0.2) is 16.4 Å². The number of nitrogens with zero attached hydrogens (tertiary/aromatic N) is 1. The fourth-order valence-electron chi connectivity index (χ4n) is 1.37. The summed E-state index contributed by atoms with van der Waals surface area (Å²) < 4.78 is 12.8. The lowest BCUT2D eigenvalue weighted by Gasteiger charge is -2.03. The van der Waals surface area contributed by atoms with E-state index in [9.17, 15) is 14.3 Å². The van der Waals surface area contributed by atoms with Gasteiger partial charge in [0.25, 0.3) is 0 Å². The molecule has 0 aliphatic heterocycles. The van der Waals surface area contributed by atoms with Crippen molar-refractivity contribution in [1.82, 2.24) is 4.98 Å². The third-order valence-electron chi connectivity index (χ3n) is 2.17. The second-order valence-corrected chi connectivity index (χ2v) is 3.29. The molecule has 0 spiro atoms. The van der Waals surface area contributed by atoms with Crippen LogP contribution in [0.4, 0.5) is 4.39 Å². The largest absolute Gasteiger partial charge is 0.505 e. The number of pyridine rings is 1. The van der Waals surface area contributed by atoms with E-state index >= 15 is 0 Å². The molecule has 1 aromatic carbocycles. The van der Waals surface area contributed by atoms with Gasteiger partial charge in [-0.05, 0) is 23.8 Å². The van der Waals surface area contributed by atoms with Crippen LogP contribution in [0.2, 0.25) is 0 Å². The zero-order valence-corrected chi connectivity index (χ0v) is 8.22. The molecule has 3 nitrogen and oxygen atoms in total. The summed E-state index contributed by atoms with van der Waals surface area (Å²) in [6.07, 6.45) is 3.65. The molecule has 0 amide bonds. The zero-order valence-electron chi connectivity index (χ0n) is 8.22. The number of carbonyl (C=O) groups is 1. The van der Waals surface area contributed by atoms with Gasteiger partial charge in [0.15, 0.2) is 17.9 Å². The molecular formula is C12H8FNO2. The van der Waals surface area contributed by atoms with Crippen LogP contribution in [0.5, 0.6) is 5.75 Å². The molecule has 1 heterocycles. The highest BCUT2D eigenvalue weighted by molar-refractivity contribution is 5.78. The number of aromatic nitrogens is 1. The predicted molar refractivity (Wildman–Crippen MR) is 56.7 cm³/mol. The average molecular weight is 217 g/mol. The second kappa shape index (κ2) is 4.10. The van der Waals surface area contributed by atoms with E-state index in [1.165, 1.54) is 18.3 Å². The lowest BCUT2D eigenvalue weighted by Crippen LogP contribution is -1.86. The van der Waals surface area contributed by atoms with Gasteiger partial charge in [-0.2, -0.15) is 0 Å². The molecule has 0 bridgehead atoms. The van der Waals surface area contributed by atoms with Gasteiger partial charge in [-0.25, -0.2) is 4.39 Å². The van der Waals surface area contributed by atoms with E-state index in [0.717, 1.165) is 6.07 Å². The Hall–Kier alpha value is -2.23. The second-order valence-electron chi connectivity index (χ2n) is 3.29. The smallest absolute Gasteiger partial charge is 0.164 e. The van der Waals surface area contributed by atoms with Crippen LogP contribution in [0, 0.1) is 5.82 Å². The minimum absolute atomic E-state index is 0.422. The Kier molecular flexibility index (Phi) is 2.64. The van der Waals surface area contributed by atoms with Gasteiger partial charge >= 0.3 is 0 Å². The fraction of sp³-hybridized carbons (Fsp3) is 0. The number of aldehydes is 1. The fourth-order valence-corrected chi connectivity index (χ4v) is 1.37. The Morgan fingerprint density at radius 3 is 2.69 bits per heavy atom. The quantitative estimate of drug-likeness (QED) is 0.786. The number of hydrogen-bond donors (Lipinski definition) is 1.